The maximum atomic E-state index is 12.8. The van der Waals surface area contributed by atoms with Crippen molar-refractivity contribution in [2.75, 3.05) is 0 Å². The van der Waals surface area contributed by atoms with Gasteiger partial charge in [-0.15, -0.1) is 0 Å². The lowest BCUT2D eigenvalue weighted by Gasteiger charge is -2.43. The van der Waals surface area contributed by atoms with E-state index in [0.29, 0.717) is 4.90 Å². The molecule has 0 unspecified atom stereocenters. The Labute approximate surface area is 147 Å². The van der Waals surface area contributed by atoms with Gasteiger partial charge < -0.3 is 5.32 Å². The maximum absolute atomic E-state index is 12.8. The van der Waals surface area contributed by atoms with Crippen molar-refractivity contribution >= 4 is 10.0 Å². The van der Waals surface area contributed by atoms with Crippen molar-refractivity contribution in [1.82, 2.24) is 4.72 Å². The van der Waals surface area contributed by atoms with Gasteiger partial charge in [0.2, 0.25) is 10.0 Å². The van der Waals surface area contributed by atoms with Gasteiger partial charge in [0.1, 0.15) is 0 Å². The summed E-state index contributed by atoms with van der Waals surface area (Å²) in [6.07, 6.45) is 1.66. The van der Waals surface area contributed by atoms with Crippen molar-refractivity contribution in [2.24, 2.45) is 0 Å². The van der Waals surface area contributed by atoms with Crippen molar-refractivity contribution in [3.8, 4) is 0 Å². The predicted molar refractivity (Wildman–Crippen MR) is 98.6 cm³/mol. The number of sulfonamides is 1. The summed E-state index contributed by atoms with van der Waals surface area (Å²) in [7, 11) is -3.49. The highest BCUT2D eigenvalue weighted by molar-refractivity contribution is 7.89. The van der Waals surface area contributed by atoms with Gasteiger partial charge in [0, 0.05) is 18.9 Å². The summed E-state index contributed by atoms with van der Waals surface area (Å²) < 4.78 is 28.5. The molecule has 0 amide bonds. The molecule has 0 atom stereocenters. The Morgan fingerprint density at radius 2 is 1.46 bits per heavy atom. The molecule has 4 nitrogen and oxygen atoms in total. The first-order chi connectivity index (χ1) is 10.7. The zero-order valence-corrected chi connectivity index (χ0v) is 16.9. The molecule has 1 aromatic rings. The number of rotatable bonds is 3. The van der Waals surface area contributed by atoms with E-state index in [4.69, 9.17) is 0 Å². The SMILES string of the molecule is CC1(C)CC(NS(=O)(=O)c2ccc(C(C)(C)C)cc2)CC(C)(C)[NH2+]1. The smallest absolute Gasteiger partial charge is 0.240 e. The highest BCUT2D eigenvalue weighted by Gasteiger charge is 2.42. The van der Waals surface area contributed by atoms with Crippen molar-refractivity contribution in [2.45, 2.75) is 88.7 Å². The van der Waals surface area contributed by atoms with Gasteiger partial charge in [-0.05, 0) is 50.8 Å². The minimum absolute atomic E-state index is 0.0168. The van der Waals surface area contributed by atoms with Crippen LogP contribution in [0.25, 0.3) is 0 Å². The molecule has 0 aliphatic carbocycles. The second-order valence-corrected chi connectivity index (χ2v) is 11.3. The van der Waals surface area contributed by atoms with Gasteiger partial charge in [0.25, 0.3) is 0 Å². The zero-order valence-electron chi connectivity index (χ0n) is 16.1. The highest BCUT2D eigenvalue weighted by atomic mass is 32.2. The summed E-state index contributed by atoms with van der Waals surface area (Å²) in [4.78, 5) is 0.348. The average Bonchev–Trinajstić information content (AvgIpc) is 2.33. The Bertz CT molecular complexity index is 667. The Kier molecular flexibility index (Phi) is 4.95. The van der Waals surface area contributed by atoms with Crippen molar-refractivity contribution in [3.05, 3.63) is 29.8 Å². The third kappa shape index (κ3) is 4.80. The van der Waals surface area contributed by atoms with E-state index in [1.165, 1.54) is 0 Å². The maximum Gasteiger partial charge on any atom is 0.240 e. The van der Waals surface area contributed by atoms with Crippen LogP contribution in [0.15, 0.2) is 29.2 Å². The molecule has 1 heterocycles. The second kappa shape index (κ2) is 6.11. The first kappa shape index (κ1) is 19.4. The topological polar surface area (TPSA) is 62.8 Å². The Hall–Kier alpha value is -0.910. The van der Waals surface area contributed by atoms with Crippen LogP contribution in [-0.4, -0.2) is 25.5 Å². The van der Waals surface area contributed by atoms with Gasteiger partial charge in [-0.1, -0.05) is 32.9 Å². The van der Waals surface area contributed by atoms with Crippen LogP contribution in [-0.2, 0) is 15.4 Å². The van der Waals surface area contributed by atoms with Gasteiger partial charge >= 0.3 is 0 Å². The number of nitrogens with one attached hydrogen (secondary N) is 1. The highest BCUT2D eigenvalue weighted by Crippen LogP contribution is 2.25. The van der Waals surface area contributed by atoms with E-state index in [2.05, 4.69) is 58.5 Å². The van der Waals surface area contributed by atoms with Gasteiger partial charge in [-0.25, -0.2) is 13.1 Å². The van der Waals surface area contributed by atoms with Crippen LogP contribution < -0.4 is 10.0 Å². The molecule has 0 radical (unpaired) electrons. The van der Waals surface area contributed by atoms with Crippen LogP contribution in [0.1, 0.15) is 66.9 Å². The van der Waals surface area contributed by atoms with E-state index in [1.54, 1.807) is 12.1 Å². The summed E-state index contributed by atoms with van der Waals surface area (Å²) in [5.41, 5.74) is 1.22. The van der Waals surface area contributed by atoms with Crippen molar-refractivity contribution in [1.29, 1.82) is 0 Å². The molecule has 0 spiro atoms. The molecule has 1 fully saturated rings. The minimum Gasteiger partial charge on any atom is -0.337 e. The standard InChI is InChI=1S/C19H32N2O2S/c1-17(2,3)14-8-10-16(11-9-14)24(22,23)20-15-12-18(4,5)21-19(6,7)13-15/h8-11,15,20-21H,12-13H2,1-7H3/p+1. The molecule has 0 saturated carbocycles. The van der Waals surface area contributed by atoms with Gasteiger partial charge in [0.05, 0.1) is 16.0 Å². The monoisotopic (exact) mass is 353 g/mol. The van der Waals surface area contributed by atoms with Crippen LogP contribution in [0.4, 0.5) is 0 Å². The van der Waals surface area contributed by atoms with Gasteiger partial charge in [-0.3, -0.25) is 0 Å². The Balaban J connectivity index is 2.19. The summed E-state index contributed by atoms with van der Waals surface area (Å²) >= 11 is 0. The van der Waals surface area contributed by atoms with Crippen LogP contribution >= 0.6 is 0 Å². The molecule has 1 aliphatic rings. The van der Waals surface area contributed by atoms with E-state index in [-0.39, 0.29) is 22.5 Å². The third-order valence-corrected chi connectivity index (χ3v) is 6.22. The van der Waals surface area contributed by atoms with Crippen LogP contribution in [0, 0.1) is 0 Å². The lowest BCUT2D eigenvalue weighted by Crippen LogP contribution is -3.06. The molecular weight excluding hydrogens is 320 g/mol. The Morgan fingerprint density at radius 1 is 1.00 bits per heavy atom. The third-order valence-electron chi connectivity index (χ3n) is 4.68. The van der Waals surface area contributed by atoms with Gasteiger partial charge in [0.15, 0.2) is 0 Å². The predicted octanol–water partition coefficient (Wildman–Crippen LogP) is 2.55. The molecule has 1 aromatic carbocycles. The Morgan fingerprint density at radius 3 is 1.88 bits per heavy atom. The molecule has 136 valence electrons. The number of quaternary nitrogens is 1. The molecule has 1 saturated heterocycles. The number of nitrogens with two attached hydrogens (primary N) is 1. The minimum atomic E-state index is -3.49. The average molecular weight is 354 g/mol. The van der Waals surface area contributed by atoms with Crippen LogP contribution in [0.2, 0.25) is 0 Å². The second-order valence-electron chi connectivity index (χ2n) is 9.62. The van der Waals surface area contributed by atoms with E-state index < -0.39 is 10.0 Å². The lowest BCUT2D eigenvalue weighted by molar-refractivity contribution is -0.787. The number of hydrogen-bond donors (Lipinski definition) is 2. The van der Waals surface area contributed by atoms with E-state index in [9.17, 15) is 8.42 Å². The molecule has 1 aliphatic heterocycles. The lowest BCUT2D eigenvalue weighted by atomic mass is 9.80. The largest absolute Gasteiger partial charge is 0.337 e. The fraction of sp³-hybridized carbons (Fsp3) is 0.684. The van der Waals surface area contributed by atoms with Crippen LogP contribution in [0.3, 0.4) is 0 Å². The van der Waals surface area contributed by atoms with Crippen molar-refractivity contribution in [3.63, 3.8) is 0 Å². The quantitative estimate of drug-likeness (QED) is 0.877. The van der Waals surface area contributed by atoms with E-state index in [0.717, 1.165) is 18.4 Å². The fourth-order valence-electron chi connectivity index (χ4n) is 4.02. The summed E-state index contributed by atoms with van der Waals surface area (Å²) in [5.74, 6) is 0. The fourth-order valence-corrected chi connectivity index (χ4v) is 5.26. The molecule has 3 N–H and O–H groups in total. The number of benzene rings is 1. The first-order valence-electron chi connectivity index (χ1n) is 8.70. The molecular formula is C19H33N2O2S+. The van der Waals surface area contributed by atoms with E-state index in [1.807, 2.05) is 12.1 Å². The molecule has 24 heavy (non-hydrogen) atoms. The number of hydrogen-bond acceptors (Lipinski definition) is 2. The molecule has 5 heteroatoms. The number of piperidine rings is 1. The molecule has 2 rings (SSSR count). The molecule has 0 bridgehead atoms. The zero-order chi connectivity index (χ0) is 18.4. The summed E-state index contributed by atoms with van der Waals surface area (Å²) in [5, 5.41) is 2.35. The van der Waals surface area contributed by atoms with Gasteiger partial charge in [-0.2, -0.15) is 0 Å². The first-order valence-corrected chi connectivity index (χ1v) is 10.2. The summed E-state index contributed by atoms with van der Waals surface area (Å²) in [6, 6.07) is 7.23. The van der Waals surface area contributed by atoms with Crippen molar-refractivity contribution < 1.29 is 13.7 Å². The molecule has 0 aromatic heterocycles. The summed E-state index contributed by atoms with van der Waals surface area (Å²) in [6.45, 7) is 15.1. The normalized spacial score (nSPS) is 21.6. The van der Waals surface area contributed by atoms with E-state index >= 15 is 0 Å². The van der Waals surface area contributed by atoms with Crippen LogP contribution in [0.5, 0.6) is 0 Å².